The normalized spacial score (nSPS) is 15.0. The van der Waals surface area contributed by atoms with Crippen molar-refractivity contribution in [3.63, 3.8) is 0 Å². The fraction of sp³-hybridized carbons (Fsp3) is 0.235. The number of aromatic nitrogens is 2. The summed E-state index contributed by atoms with van der Waals surface area (Å²) in [6, 6.07) is 3.87. The molecule has 0 saturated carbocycles. The lowest BCUT2D eigenvalue weighted by atomic mass is 10.1. The molecule has 0 aliphatic carbocycles. The molecule has 1 aromatic heterocycles. The van der Waals surface area contributed by atoms with Gasteiger partial charge in [0.25, 0.3) is 0 Å². The van der Waals surface area contributed by atoms with Gasteiger partial charge in [0, 0.05) is 36.6 Å². The molecule has 0 amide bonds. The number of carbonyl (C=O) groups excluding carboxylic acids is 1. The highest BCUT2D eigenvalue weighted by Crippen LogP contribution is 2.17. The van der Waals surface area contributed by atoms with E-state index in [-0.39, 0.29) is 10.8 Å². The number of hydrogen-bond acceptors (Lipinski definition) is 5. The first kappa shape index (κ1) is 16.5. The van der Waals surface area contributed by atoms with E-state index < -0.39 is 5.82 Å². The number of anilines is 1. The molecule has 7 heteroatoms. The van der Waals surface area contributed by atoms with E-state index in [2.05, 4.69) is 9.97 Å². The molecule has 0 spiro atoms. The van der Waals surface area contributed by atoms with Crippen molar-refractivity contribution in [1.29, 1.82) is 0 Å². The third-order valence-electron chi connectivity index (χ3n) is 3.58. The first-order valence-electron chi connectivity index (χ1n) is 7.46. The summed E-state index contributed by atoms with van der Waals surface area (Å²) < 4.78 is 18.4. The van der Waals surface area contributed by atoms with Crippen molar-refractivity contribution in [2.45, 2.75) is 0 Å². The number of halogens is 2. The number of rotatable bonds is 4. The minimum absolute atomic E-state index is 0.0764. The zero-order valence-corrected chi connectivity index (χ0v) is 13.5. The van der Waals surface area contributed by atoms with Gasteiger partial charge < -0.3 is 9.64 Å². The van der Waals surface area contributed by atoms with E-state index in [0.717, 1.165) is 13.1 Å². The fourth-order valence-electron chi connectivity index (χ4n) is 2.26. The molecule has 5 nitrogen and oxygen atoms in total. The molecule has 0 radical (unpaired) electrons. The molecule has 1 fully saturated rings. The second-order valence-electron chi connectivity index (χ2n) is 5.24. The third kappa shape index (κ3) is 3.96. The molecule has 124 valence electrons. The Morgan fingerprint density at radius 3 is 2.62 bits per heavy atom. The van der Waals surface area contributed by atoms with Crippen molar-refractivity contribution >= 4 is 29.4 Å². The smallest absolute Gasteiger partial charge is 0.225 e. The molecule has 1 aromatic carbocycles. The van der Waals surface area contributed by atoms with Gasteiger partial charge >= 0.3 is 0 Å². The van der Waals surface area contributed by atoms with E-state index >= 15 is 0 Å². The van der Waals surface area contributed by atoms with Crippen LogP contribution in [0.15, 0.2) is 36.7 Å². The van der Waals surface area contributed by atoms with Crippen molar-refractivity contribution < 1.29 is 13.9 Å². The molecule has 2 aromatic rings. The monoisotopic (exact) mass is 347 g/mol. The Morgan fingerprint density at radius 2 is 1.96 bits per heavy atom. The lowest BCUT2D eigenvalue weighted by Crippen LogP contribution is -2.37. The van der Waals surface area contributed by atoms with Gasteiger partial charge in [0.15, 0.2) is 5.78 Å². The molecule has 0 N–H and O–H groups in total. The second-order valence-corrected chi connectivity index (χ2v) is 5.65. The van der Waals surface area contributed by atoms with Crippen molar-refractivity contribution in [2.75, 3.05) is 31.2 Å². The Bertz CT molecular complexity index is 759. The van der Waals surface area contributed by atoms with Gasteiger partial charge in [-0.25, -0.2) is 14.4 Å². The van der Waals surface area contributed by atoms with E-state index in [9.17, 15) is 9.18 Å². The summed E-state index contributed by atoms with van der Waals surface area (Å²) >= 11 is 5.68. The van der Waals surface area contributed by atoms with Crippen LogP contribution in [0.2, 0.25) is 5.02 Å². The highest BCUT2D eigenvalue weighted by molar-refractivity contribution is 6.31. The summed E-state index contributed by atoms with van der Waals surface area (Å²) in [5.74, 6) is -0.175. The number of morpholine rings is 1. The Hall–Kier alpha value is -2.31. The Kier molecular flexibility index (Phi) is 5.17. The first-order valence-corrected chi connectivity index (χ1v) is 7.83. The van der Waals surface area contributed by atoms with Crippen LogP contribution in [0.5, 0.6) is 0 Å². The van der Waals surface area contributed by atoms with Gasteiger partial charge in [-0.2, -0.15) is 0 Å². The van der Waals surface area contributed by atoms with Crippen molar-refractivity contribution in [3.8, 4) is 0 Å². The fourth-order valence-corrected chi connectivity index (χ4v) is 2.44. The molecular weight excluding hydrogens is 333 g/mol. The quantitative estimate of drug-likeness (QED) is 0.628. The molecule has 0 unspecified atom stereocenters. The molecular formula is C17H15ClFN3O2. The van der Waals surface area contributed by atoms with Crippen molar-refractivity contribution in [3.05, 3.63) is 58.6 Å². The summed E-state index contributed by atoms with van der Waals surface area (Å²) in [6.45, 7) is 2.86. The number of nitrogens with zero attached hydrogens (tertiary/aromatic N) is 3. The number of ether oxygens (including phenoxy) is 1. The summed E-state index contributed by atoms with van der Waals surface area (Å²) in [7, 11) is 0. The minimum Gasteiger partial charge on any atom is -0.378 e. The van der Waals surface area contributed by atoms with Gasteiger partial charge in [0.1, 0.15) is 5.82 Å². The topological polar surface area (TPSA) is 55.3 Å². The maximum atomic E-state index is 13.1. The van der Waals surface area contributed by atoms with Gasteiger partial charge in [-0.1, -0.05) is 11.6 Å². The van der Waals surface area contributed by atoms with E-state index in [0.29, 0.717) is 30.3 Å². The van der Waals surface area contributed by atoms with Crippen LogP contribution in [0.1, 0.15) is 15.9 Å². The number of ketones is 1. The van der Waals surface area contributed by atoms with Crippen LogP contribution in [0.3, 0.4) is 0 Å². The molecule has 0 atom stereocenters. The van der Waals surface area contributed by atoms with Crippen LogP contribution in [-0.2, 0) is 4.74 Å². The second kappa shape index (κ2) is 7.51. The van der Waals surface area contributed by atoms with Crippen molar-refractivity contribution in [2.24, 2.45) is 0 Å². The van der Waals surface area contributed by atoms with Crippen LogP contribution in [0.4, 0.5) is 10.3 Å². The molecule has 3 rings (SSSR count). The lowest BCUT2D eigenvalue weighted by molar-refractivity contribution is 0.104. The lowest BCUT2D eigenvalue weighted by Gasteiger charge is -2.26. The standard InChI is InChI=1S/C17H15ClFN3O2/c18-14-9-13(2-3-15(14)19)16(23)4-1-12-10-20-17(21-11-12)22-5-7-24-8-6-22/h1-4,9-11H,5-8H2/b4-1-. The highest BCUT2D eigenvalue weighted by Gasteiger charge is 2.13. The molecule has 2 heterocycles. The third-order valence-corrected chi connectivity index (χ3v) is 3.87. The van der Waals surface area contributed by atoms with E-state index in [1.165, 1.54) is 24.3 Å². The SMILES string of the molecule is O=C(/C=C\c1cnc(N2CCOCC2)nc1)c1ccc(F)c(Cl)c1. The molecule has 1 saturated heterocycles. The Balaban J connectivity index is 1.67. The van der Waals surface area contributed by atoms with Gasteiger partial charge in [0.2, 0.25) is 5.95 Å². The first-order chi connectivity index (χ1) is 11.6. The number of benzene rings is 1. The Morgan fingerprint density at radius 1 is 1.25 bits per heavy atom. The van der Waals surface area contributed by atoms with E-state index in [1.54, 1.807) is 18.5 Å². The zero-order valence-electron chi connectivity index (χ0n) is 12.8. The van der Waals surface area contributed by atoms with Crippen LogP contribution in [0.25, 0.3) is 6.08 Å². The van der Waals surface area contributed by atoms with E-state index in [4.69, 9.17) is 16.3 Å². The predicted octanol–water partition coefficient (Wildman–Crippen LogP) is 3.00. The van der Waals surface area contributed by atoms with Gasteiger partial charge in [0.05, 0.1) is 18.2 Å². The van der Waals surface area contributed by atoms with Gasteiger partial charge in [-0.3, -0.25) is 4.79 Å². The average molecular weight is 348 g/mol. The summed E-state index contributed by atoms with van der Waals surface area (Å²) in [4.78, 5) is 22.7. The minimum atomic E-state index is -0.552. The maximum Gasteiger partial charge on any atom is 0.225 e. The van der Waals surface area contributed by atoms with Crippen LogP contribution < -0.4 is 4.90 Å². The van der Waals surface area contributed by atoms with Gasteiger partial charge in [-0.15, -0.1) is 0 Å². The highest BCUT2D eigenvalue weighted by atomic mass is 35.5. The van der Waals surface area contributed by atoms with Crippen LogP contribution in [0, 0.1) is 5.82 Å². The molecule has 1 aliphatic rings. The summed E-state index contributed by atoms with van der Waals surface area (Å²) in [5.41, 5.74) is 1.03. The molecule has 0 bridgehead atoms. The predicted molar refractivity (Wildman–Crippen MR) is 89.8 cm³/mol. The zero-order chi connectivity index (χ0) is 16.9. The largest absolute Gasteiger partial charge is 0.378 e. The number of allylic oxidation sites excluding steroid dienone is 1. The maximum absolute atomic E-state index is 13.1. The average Bonchev–Trinajstić information content (AvgIpc) is 2.63. The van der Waals surface area contributed by atoms with E-state index in [1.807, 2.05) is 4.90 Å². The summed E-state index contributed by atoms with van der Waals surface area (Å²) in [6.07, 6.45) is 6.30. The number of carbonyl (C=O) groups is 1. The van der Waals surface area contributed by atoms with Gasteiger partial charge in [-0.05, 0) is 30.4 Å². The van der Waals surface area contributed by atoms with Crippen LogP contribution in [-0.4, -0.2) is 42.1 Å². The molecule has 1 aliphatic heterocycles. The van der Waals surface area contributed by atoms with Crippen molar-refractivity contribution in [1.82, 2.24) is 9.97 Å². The van der Waals surface area contributed by atoms with Crippen LogP contribution >= 0.6 is 11.6 Å². The summed E-state index contributed by atoms with van der Waals surface area (Å²) in [5, 5.41) is -0.0764. The number of hydrogen-bond donors (Lipinski definition) is 0. The molecule has 24 heavy (non-hydrogen) atoms. The Labute approximate surface area is 143 Å².